The summed E-state index contributed by atoms with van der Waals surface area (Å²) in [5, 5.41) is 6.02. The van der Waals surface area contributed by atoms with Crippen molar-refractivity contribution in [1.82, 2.24) is 10.6 Å². The van der Waals surface area contributed by atoms with E-state index in [-0.39, 0.29) is 15.7 Å². The number of amides is 1. The minimum Gasteiger partial charge on any atom is -0.356 e. The number of allylic oxidation sites excluding steroid dienone is 6. The van der Waals surface area contributed by atoms with Gasteiger partial charge in [0.05, 0.1) is 15.2 Å². The molecule has 13 heteroatoms. The monoisotopic (exact) mass is 713 g/mol. The predicted octanol–water partition coefficient (Wildman–Crippen LogP) is 5.27. The van der Waals surface area contributed by atoms with Crippen molar-refractivity contribution in [3.8, 4) is 0 Å². The molecule has 0 saturated heterocycles. The Hall–Kier alpha value is -3.62. The Labute approximate surface area is 291 Å². The lowest BCUT2D eigenvalue weighted by Gasteiger charge is -2.27. The molecule has 4 rings (SSSR count). The van der Waals surface area contributed by atoms with Crippen molar-refractivity contribution in [2.45, 2.75) is 80.4 Å². The van der Waals surface area contributed by atoms with E-state index in [1.54, 1.807) is 18.2 Å². The van der Waals surface area contributed by atoms with Crippen molar-refractivity contribution in [3.63, 3.8) is 0 Å². The van der Waals surface area contributed by atoms with Gasteiger partial charge in [-0.3, -0.25) is 13.9 Å². The highest BCUT2D eigenvalue weighted by Gasteiger charge is 2.44. The lowest BCUT2D eigenvalue weighted by molar-refractivity contribution is -0.401. The lowest BCUT2D eigenvalue weighted by Crippen LogP contribution is -2.27. The van der Waals surface area contributed by atoms with Gasteiger partial charge in [0.1, 0.15) is 7.05 Å². The van der Waals surface area contributed by atoms with Crippen LogP contribution in [0.3, 0.4) is 0 Å². The fourth-order valence-corrected chi connectivity index (χ4v) is 7.72. The molecule has 0 saturated carbocycles. The Kier molecular flexibility index (Phi) is 11.8. The molecule has 2 aliphatic heterocycles. The van der Waals surface area contributed by atoms with Crippen molar-refractivity contribution in [1.29, 1.82) is 0 Å². The number of hydrogen-bond acceptors (Lipinski definition) is 7. The van der Waals surface area contributed by atoms with Crippen molar-refractivity contribution in [2.75, 3.05) is 38.6 Å². The highest BCUT2D eigenvalue weighted by atomic mass is 32.2. The number of nitrogens with one attached hydrogen (secondary N) is 2. The second-order valence-electron chi connectivity index (χ2n) is 13.6. The van der Waals surface area contributed by atoms with Gasteiger partial charge in [-0.15, -0.1) is 0 Å². The number of unbranched alkanes of at least 4 members (excludes halogenated alkanes) is 2. The average Bonchev–Trinajstić information content (AvgIpc) is 3.35. The Bertz CT molecular complexity index is 1930. The molecule has 266 valence electrons. The van der Waals surface area contributed by atoms with E-state index in [1.165, 1.54) is 18.2 Å². The molecule has 49 heavy (non-hydrogen) atoms. The second-order valence-corrected chi connectivity index (χ2v) is 16.4. The molecular formula is C36H49N4O7S2+. The molecule has 2 aliphatic rings. The van der Waals surface area contributed by atoms with E-state index < -0.39 is 31.1 Å². The summed E-state index contributed by atoms with van der Waals surface area (Å²) >= 11 is 0. The molecule has 0 radical (unpaired) electrons. The van der Waals surface area contributed by atoms with Crippen LogP contribution in [0.1, 0.15) is 70.9 Å². The van der Waals surface area contributed by atoms with E-state index in [2.05, 4.69) is 15.5 Å². The Morgan fingerprint density at radius 1 is 0.837 bits per heavy atom. The van der Waals surface area contributed by atoms with Crippen LogP contribution in [0.25, 0.3) is 0 Å². The molecule has 11 nitrogen and oxygen atoms in total. The van der Waals surface area contributed by atoms with Gasteiger partial charge in [-0.2, -0.15) is 21.4 Å². The van der Waals surface area contributed by atoms with Gasteiger partial charge in [0.15, 0.2) is 5.71 Å². The molecule has 0 atom stereocenters. The minimum atomic E-state index is -4.38. The van der Waals surface area contributed by atoms with E-state index in [9.17, 15) is 30.7 Å². The van der Waals surface area contributed by atoms with Crippen LogP contribution < -0.4 is 15.5 Å². The molecule has 0 fully saturated rings. The number of rotatable bonds is 15. The molecule has 0 unspecified atom stereocenters. The second kappa shape index (κ2) is 15.1. The first kappa shape index (κ1) is 38.2. The summed E-state index contributed by atoms with van der Waals surface area (Å²) in [5.74, 6) is 0.0531. The van der Waals surface area contributed by atoms with E-state index in [4.69, 9.17) is 0 Å². The first-order chi connectivity index (χ1) is 22.9. The summed E-state index contributed by atoms with van der Waals surface area (Å²) in [5.41, 5.74) is 4.17. The number of fused-ring (bicyclic) bond motifs is 2. The Balaban J connectivity index is 1.52. The standard InChI is InChI=1S/C36H48N4O7S2/c1-35(2)28-24-26(48(42,43)44)17-19-30(28)39(6)32(35)14-9-7-10-15-33-36(3,4)29-25-27(49(45,46)47)18-20-31(29)40(33)23-12-8-11-16-34(41)38-22-13-21-37-5/h7,9-10,14-15,17-20,24-25,37H,8,11-13,16,21-23H2,1-6H3,(H2-,38,41,42,43,44,45,46,47)/p+1. The van der Waals surface area contributed by atoms with Crippen LogP contribution in [-0.2, 0) is 35.9 Å². The van der Waals surface area contributed by atoms with Crippen LogP contribution in [0.4, 0.5) is 11.4 Å². The molecular weight excluding hydrogens is 665 g/mol. The van der Waals surface area contributed by atoms with Crippen LogP contribution in [0.2, 0.25) is 0 Å². The maximum Gasteiger partial charge on any atom is 0.294 e. The third kappa shape index (κ3) is 8.58. The number of carbonyl (C=O) groups is 1. The van der Waals surface area contributed by atoms with Crippen LogP contribution >= 0.6 is 0 Å². The summed E-state index contributed by atoms with van der Waals surface area (Å²) in [6.45, 7) is 10.2. The predicted molar refractivity (Wildman–Crippen MR) is 193 cm³/mol. The highest BCUT2D eigenvalue weighted by molar-refractivity contribution is 7.86. The molecule has 2 aromatic rings. The van der Waals surface area contributed by atoms with Crippen LogP contribution in [0.15, 0.2) is 82.3 Å². The van der Waals surface area contributed by atoms with Crippen LogP contribution in [0, 0.1) is 0 Å². The molecule has 0 spiro atoms. The quantitative estimate of drug-likeness (QED) is 0.0837. The smallest absolute Gasteiger partial charge is 0.294 e. The zero-order chi connectivity index (χ0) is 36.2. The number of carbonyl (C=O) groups excluding carboxylic acids is 1. The molecule has 2 heterocycles. The first-order valence-corrected chi connectivity index (χ1v) is 19.4. The third-order valence-corrected chi connectivity index (χ3v) is 11.1. The Morgan fingerprint density at radius 2 is 1.49 bits per heavy atom. The number of benzene rings is 2. The van der Waals surface area contributed by atoms with Crippen molar-refractivity contribution < 1.29 is 35.3 Å². The minimum absolute atomic E-state index is 0.0531. The van der Waals surface area contributed by atoms with E-state index in [0.717, 1.165) is 66.1 Å². The number of hydrogen-bond donors (Lipinski definition) is 4. The van der Waals surface area contributed by atoms with Crippen LogP contribution in [-0.4, -0.2) is 75.9 Å². The number of anilines is 1. The first-order valence-electron chi connectivity index (χ1n) is 16.5. The molecule has 0 aliphatic carbocycles. The van der Waals surface area contributed by atoms with Gasteiger partial charge < -0.3 is 15.5 Å². The summed E-state index contributed by atoms with van der Waals surface area (Å²) < 4.78 is 68.8. The summed E-state index contributed by atoms with van der Waals surface area (Å²) in [6.07, 6.45) is 13.5. The number of nitrogens with zero attached hydrogens (tertiary/aromatic N) is 2. The van der Waals surface area contributed by atoms with Gasteiger partial charge in [0.2, 0.25) is 11.6 Å². The normalized spacial score (nSPS) is 17.8. The topological polar surface area (TPSA) is 156 Å². The van der Waals surface area contributed by atoms with E-state index >= 15 is 0 Å². The van der Waals surface area contributed by atoms with E-state index in [1.807, 2.05) is 76.7 Å². The van der Waals surface area contributed by atoms with Gasteiger partial charge in [-0.25, -0.2) is 0 Å². The molecule has 1 amide bonds. The van der Waals surface area contributed by atoms with Crippen molar-refractivity contribution in [3.05, 3.63) is 83.6 Å². The van der Waals surface area contributed by atoms with Crippen LogP contribution in [0.5, 0.6) is 0 Å². The molecule has 2 aromatic carbocycles. The largest absolute Gasteiger partial charge is 0.356 e. The summed E-state index contributed by atoms with van der Waals surface area (Å²) in [6, 6.07) is 9.32. The van der Waals surface area contributed by atoms with Gasteiger partial charge in [-0.05, 0) is 88.7 Å². The fraction of sp³-hybridized carbons (Fsp3) is 0.444. The summed E-state index contributed by atoms with van der Waals surface area (Å²) in [7, 11) is -4.91. The third-order valence-electron chi connectivity index (χ3n) is 9.41. The molecule has 4 N–H and O–H groups in total. The van der Waals surface area contributed by atoms with E-state index in [0.29, 0.717) is 19.5 Å². The zero-order valence-corrected chi connectivity index (χ0v) is 30.8. The zero-order valence-electron chi connectivity index (χ0n) is 29.2. The van der Waals surface area contributed by atoms with Gasteiger partial charge in [0.25, 0.3) is 20.2 Å². The maximum atomic E-state index is 12.2. The summed E-state index contributed by atoms with van der Waals surface area (Å²) in [4.78, 5) is 14.1. The van der Waals surface area contributed by atoms with Gasteiger partial charge >= 0.3 is 0 Å². The average molecular weight is 714 g/mol. The molecule has 0 aromatic heterocycles. The van der Waals surface area contributed by atoms with Gasteiger partial charge in [0, 0.05) is 54.0 Å². The van der Waals surface area contributed by atoms with Crippen molar-refractivity contribution in [2.24, 2.45) is 0 Å². The Morgan fingerprint density at radius 3 is 2.14 bits per heavy atom. The van der Waals surface area contributed by atoms with Crippen molar-refractivity contribution >= 4 is 43.2 Å². The fourth-order valence-electron chi connectivity index (χ4n) is 6.70. The highest BCUT2D eigenvalue weighted by Crippen LogP contribution is 2.48. The SMILES string of the molecule is CNCCCNC(=O)CCCCCN1C(=CC=CC=CC2=[N+](C)c3ccc(S(=O)(=O)O)cc3C2(C)C)C(C)(C)c2cc(S(=O)(=O)O)ccc21. The van der Waals surface area contributed by atoms with Gasteiger partial charge in [-0.1, -0.05) is 38.5 Å². The lowest BCUT2D eigenvalue weighted by atomic mass is 9.81. The maximum absolute atomic E-state index is 12.2. The molecule has 0 bridgehead atoms.